The van der Waals surface area contributed by atoms with Gasteiger partial charge in [0, 0.05) is 18.3 Å². The molecule has 26 heavy (non-hydrogen) atoms. The Labute approximate surface area is 161 Å². The van der Waals surface area contributed by atoms with Crippen LogP contribution >= 0.6 is 23.2 Å². The fraction of sp³-hybridized carbons (Fsp3) is 0.500. The van der Waals surface area contributed by atoms with Crippen LogP contribution in [0.2, 0.25) is 10.0 Å². The van der Waals surface area contributed by atoms with Crippen molar-refractivity contribution >= 4 is 46.7 Å². The molecule has 1 heterocycles. The van der Waals surface area contributed by atoms with Crippen molar-refractivity contribution in [1.29, 1.82) is 0 Å². The maximum Gasteiger partial charge on any atom is 0.306 e. The first-order valence-corrected chi connectivity index (χ1v) is 9.42. The second-order valence-electron chi connectivity index (χ2n) is 6.82. The van der Waals surface area contributed by atoms with Gasteiger partial charge in [0.25, 0.3) is 0 Å². The average Bonchev–Trinajstić information content (AvgIpc) is 2.99. The van der Waals surface area contributed by atoms with Gasteiger partial charge in [-0.3, -0.25) is 14.4 Å². The molecule has 1 atom stereocenters. The fourth-order valence-corrected chi connectivity index (χ4v) is 3.91. The van der Waals surface area contributed by atoms with Crippen LogP contribution < -0.4 is 10.2 Å². The summed E-state index contributed by atoms with van der Waals surface area (Å²) in [5.74, 6) is -2.36. The highest BCUT2D eigenvalue weighted by molar-refractivity contribution is 6.42. The van der Waals surface area contributed by atoms with E-state index in [0.717, 1.165) is 0 Å². The smallest absolute Gasteiger partial charge is 0.306 e. The molecule has 1 unspecified atom stereocenters. The molecule has 1 aromatic rings. The van der Waals surface area contributed by atoms with Crippen LogP contribution in [-0.4, -0.2) is 35.5 Å². The quantitative estimate of drug-likeness (QED) is 0.762. The van der Waals surface area contributed by atoms with Gasteiger partial charge in [0.05, 0.1) is 16.0 Å². The summed E-state index contributed by atoms with van der Waals surface area (Å²) >= 11 is 11.9. The van der Waals surface area contributed by atoms with Crippen molar-refractivity contribution in [3.05, 3.63) is 28.2 Å². The molecule has 2 amide bonds. The van der Waals surface area contributed by atoms with Crippen LogP contribution in [0.15, 0.2) is 18.2 Å². The van der Waals surface area contributed by atoms with E-state index in [4.69, 9.17) is 28.3 Å². The lowest BCUT2D eigenvalue weighted by atomic mass is 9.86. The molecule has 140 valence electrons. The molecule has 0 bridgehead atoms. The first-order chi connectivity index (χ1) is 12.4. The summed E-state index contributed by atoms with van der Waals surface area (Å²) in [4.78, 5) is 37.7. The van der Waals surface area contributed by atoms with Gasteiger partial charge in [-0.15, -0.1) is 0 Å². The van der Waals surface area contributed by atoms with Crippen molar-refractivity contribution < 1.29 is 19.5 Å². The Kier molecular flexibility index (Phi) is 5.73. The normalized spacial score (nSPS) is 26.0. The lowest BCUT2D eigenvalue weighted by molar-refractivity contribution is -0.142. The van der Waals surface area contributed by atoms with E-state index < -0.39 is 11.9 Å². The maximum absolute atomic E-state index is 12.6. The van der Waals surface area contributed by atoms with Crippen LogP contribution in [0.25, 0.3) is 0 Å². The number of carbonyl (C=O) groups excluding carboxylic acids is 2. The van der Waals surface area contributed by atoms with Gasteiger partial charge < -0.3 is 15.3 Å². The molecule has 0 spiro atoms. The monoisotopic (exact) mass is 398 g/mol. The van der Waals surface area contributed by atoms with Crippen LogP contribution in [0.5, 0.6) is 0 Å². The van der Waals surface area contributed by atoms with Crippen molar-refractivity contribution in [2.75, 3.05) is 11.4 Å². The predicted molar refractivity (Wildman–Crippen MR) is 98.4 cm³/mol. The molecule has 1 aliphatic carbocycles. The Morgan fingerprint density at radius 2 is 1.77 bits per heavy atom. The SMILES string of the molecule is O=C(O)C1CCC(NC(=O)C2CCN(c3ccc(Cl)c(Cl)c3)C2=O)CC1. The zero-order valence-corrected chi connectivity index (χ0v) is 15.6. The number of halogens is 2. The lowest BCUT2D eigenvalue weighted by Gasteiger charge is -2.27. The molecule has 8 heteroatoms. The molecule has 2 N–H and O–H groups in total. The molecule has 1 saturated carbocycles. The molecule has 1 aliphatic heterocycles. The molecule has 1 saturated heterocycles. The van der Waals surface area contributed by atoms with Crippen molar-refractivity contribution in [2.24, 2.45) is 11.8 Å². The third-order valence-corrected chi connectivity index (χ3v) is 5.90. The van der Waals surface area contributed by atoms with E-state index in [1.807, 2.05) is 0 Å². The number of carboxylic acids is 1. The minimum absolute atomic E-state index is 0.0649. The van der Waals surface area contributed by atoms with Gasteiger partial charge in [-0.05, 0) is 50.3 Å². The average molecular weight is 399 g/mol. The second kappa shape index (κ2) is 7.84. The fourth-order valence-electron chi connectivity index (χ4n) is 3.62. The Bertz CT molecular complexity index is 732. The van der Waals surface area contributed by atoms with Crippen LogP contribution in [0.1, 0.15) is 32.1 Å². The number of carbonyl (C=O) groups is 3. The van der Waals surface area contributed by atoms with Crippen molar-refractivity contribution in [3.63, 3.8) is 0 Å². The second-order valence-corrected chi connectivity index (χ2v) is 7.64. The lowest BCUT2D eigenvalue weighted by Crippen LogP contribution is -2.43. The highest BCUT2D eigenvalue weighted by Crippen LogP contribution is 2.31. The molecule has 6 nitrogen and oxygen atoms in total. The van der Waals surface area contributed by atoms with E-state index in [1.54, 1.807) is 23.1 Å². The molecular weight excluding hydrogens is 379 g/mol. The third-order valence-electron chi connectivity index (χ3n) is 5.16. The van der Waals surface area contributed by atoms with E-state index in [1.165, 1.54) is 0 Å². The summed E-state index contributed by atoms with van der Waals surface area (Å²) in [6.45, 7) is 0.445. The third kappa shape index (κ3) is 3.96. The minimum atomic E-state index is -0.780. The molecule has 1 aromatic carbocycles. The van der Waals surface area contributed by atoms with E-state index in [9.17, 15) is 14.4 Å². The maximum atomic E-state index is 12.6. The van der Waals surface area contributed by atoms with Gasteiger partial charge >= 0.3 is 5.97 Å². The molecule has 3 rings (SSSR count). The number of aliphatic carboxylic acids is 1. The number of amides is 2. The summed E-state index contributed by atoms with van der Waals surface area (Å²) in [5, 5.41) is 12.7. The Hall–Kier alpha value is -1.79. The number of rotatable bonds is 4. The van der Waals surface area contributed by atoms with Crippen LogP contribution in [-0.2, 0) is 14.4 Å². The summed E-state index contributed by atoms with van der Waals surface area (Å²) in [7, 11) is 0. The van der Waals surface area contributed by atoms with Crippen molar-refractivity contribution in [3.8, 4) is 0 Å². The number of anilines is 1. The zero-order chi connectivity index (χ0) is 18.8. The van der Waals surface area contributed by atoms with E-state index in [0.29, 0.717) is 54.4 Å². The highest BCUT2D eigenvalue weighted by atomic mass is 35.5. The summed E-state index contributed by atoms with van der Waals surface area (Å²) < 4.78 is 0. The number of hydrogen-bond acceptors (Lipinski definition) is 3. The number of nitrogens with one attached hydrogen (secondary N) is 1. The summed E-state index contributed by atoms with van der Waals surface area (Å²) in [6, 6.07) is 4.89. The van der Waals surface area contributed by atoms with E-state index in [-0.39, 0.29) is 23.8 Å². The van der Waals surface area contributed by atoms with Crippen molar-refractivity contribution in [2.45, 2.75) is 38.1 Å². The van der Waals surface area contributed by atoms with Gasteiger partial charge in [0.2, 0.25) is 11.8 Å². The molecule has 2 fully saturated rings. The van der Waals surface area contributed by atoms with Gasteiger partial charge in [0.15, 0.2) is 0 Å². The molecular formula is C18H20Cl2N2O4. The number of benzene rings is 1. The largest absolute Gasteiger partial charge is 0.481 e. The highest BCUT2D eigenvalue weighted by Gasteiger charge is 2.39. The Balaban J connectivity index is 1.58. The van der Waals surface area contributed by atoms with Gasteiger partial charge in [-0.2, -0.15) is 0 Å². The number of carboxylic acid groups (broad SMARTS) is 1. The summed E-state index contributed by atoms with van der Waals surface area (Å²) in [6.07, 6.45) is 2.79. The Morgan fingerprint density at radius 3 is 2.38 bits per heavy atom. The van der Waals surface area contributed by atoms with Crippen LogP contribution in [0, 0.1) is 11.8 Å². The van der Waals surface area contributed by atoms with Gasteiger partial charge in [-0.25, -0.2) is 0 Å². The Morgan fingerprint density at radius 1 is 1.08 bits per heavy atom. The zero-order valence-electron chi connectivity index (χ0n) is 14.1. The number of nitrogens with zero attached hydrogens (tertiary/aromatic N) is 1. The van der Waals surface area contributed by atoms with Gasteiger partial charge in [-0.1, -0.05) is 23.2 Å². The van der Waals surface area contributed by atoms with E-state index >= 15 is 0 Å². The minimum Gasteiger partial charge on any atom is -0.481 e. The summed E-state index contributed by atoms with van der Waals surface area (Å²) in [5.41, 5.74) is 0.627. The van der Waals surface area contributed by atoms with Crippen LogP contribution in [0.4, 0.5) is 5.69 Å². The molecule has 0 radical (unpaired) electrons. The van der Waals surface area contributed by atoms with Gasteiger partial charge in [0.1, 0.15) is 5.92 Å². The standard InChI is InChI=1S/C18H20Cl2N2O4/c19-14-6-5-12(9-15(14)20)22-8-7-13(17(22)24)16(23)21-11-3-1-10(2-4-11)18(25)26/h5-6,9-11,13H,1-4,7-8H2,(H,21,23)(H,25,26). The number of hydrogen-bond donors (Lipinski definition) is 2. The topological polar surface area (TPSA) is 86.7 Å². The van der Waals surface area contributed by atoms with Crippen molar-refractivity contribution in [1.82, 2.24) is 5.32 Å². The molecule has 2 aliphatic rings. The van der Waals surface area contributed by atoms with Crippen LogP contribution in [0.3, 0.4) is 0 Å². The van der Waals surface area contributed by atoms with E-state index in [2.05, 4.69) is 5.32 Å². The first-order valence-electron chi connectivity index (χ1n) is 8.66. The molecule has 0 aromatic heterocycles. The predicted octanol–water partition coefficient (Wildman–Crippen LogP) is 3.11. The first kappa shape index (κ1) is 19.0.